The first-order chi connectivity index (χ1) is 15.4. The van der Waals surface area contributed by atoms with Gasteiger partial charge in [0.1, 0.15) is 22.8 Å². The molecule has 170 valence electrons. The van der Waals surface area contributed by atoms with Gasteiger partial charge >= 0.3 is 0 Å². The Hall–Kier alpha value is -2.51. The van der Waals surface area contributed by atoms with Crippen LogP contribution in [0.4, 0.5) is 13.2 Å². The van der Waals surface area contributed by atoms with E-state index in [1.165, 1.54) is 10.9 Å². The van der Waals surface area contributed by atoms with Crippen molar-refractivity contribution in [2.45, 2.75) is 34.6 Å². The molecule has 1 aromatic carbocycles. The van der Waals surface area contributed by atoms with E-state index in [4.69, 9.17) is 4.74 Å². The predicted molar refractivity (Wildman–Crippen MR) is 107 cm³/mol. The Kier molecular flexibility index (Phi) is 6.49. The molecule has 12 heteroatoms. The van der Waals surface area contributed by atoms with Gasteiger partial charge in [-0.3, -0.25) is 0 Å². The summed E-state index contributed by atoms with van der Waals surface area (Å²) in [4.78, 5) is 2.95. The highest BCUT2D eigenvalue weighted by Gasteiger charge is 2.48. The van der Waals surface area contributed by atoms with Gasteiger partial charge in [0.15, 0.2) is 17.5 Å². The summed E-state index contributed by atoms with van der Waals surface area (Å²) in [5, 5.41) is 39.0. The molecule has 3 aromatic rings. The molecule has 0 radical (unpaired) electrons. The lowest BCUT2D eigenvalue weighted by molar-refractivity contribution is -0.180. The SMILES string of the molecule is OCC1O[C@@](CO)(Sc2ccccn2)CC(n2cc(-c3cc(F)c(F)c(F)c3)nn2)[C@H]1O. The van der Waals surface area contributed by atoms with E-state index in [9.17, 15) is 28.5 Å². The van der Waals surface area contributed by atoms with Crippen molar-refractivity contribution < 1.29 is 33.2 Å². The second-order valence-corrected chi connectivity index (χ2v) is 8.64. The molecule has 2 aromatic heterocycles. The average Bonchev–Trinajstić information content (AvgIpc) is 3.29. The highest BCUT2D eigenvalue weighted by Crippen LogP contribution is 2.45. The minimum absolute atomic E-state index is 0.0378. The number of aromatic nitrogens is 4. The first-order valence-electron chi connectivity index (χ1n) is 9.60. The van der Waals surface area contributed by atoms with Crippen LogP contribution in [0.3, 0.4) is 0 Å². The molecule has 4 atom stereocenters. The summed E-state index contributed by atoms with van der Waals surface area (Å²) >= 11 is 1.13. The van der Waals surface area contributed by atoms with E-state index < -0.39 is 53.8 Å². The van der Waals surface area contributed by atoms with Crippen molar-refractivity contribution >= 4 is 11.8 Å². The first-order valence-corrected chi connectivity index (χ1v) is 10.4. The van der Waals surface area contributed by atoms with Gasteiger partial charge in [-0.05, 0) is 24.3 Å². The Balaban J connectivity index is 1.66. The van der Waals surface area contributed by atoms with Crippen LogP contribution in [0, 0.1) is 17.5 Å². The minimum atomic E-state index is -1.59. The lowest BCUT2D eigenvalue weighted by Crippen LogP contribution is -2.54. The van der Waals surface area contributed by atoms with Crippen LogP contribution in [-0.2, 0) is 4.74 Å². The third-order valence-electron chi connectivity index (χ3n) is 5.14. The smallest absolute Gasteiger partial charge is 0.194 e. The highest BCUT2D eigenvalue weighted by atomic mass is 32.2. The zero-order chi connectivity index (χ0) is 22.9. The Bertz CT molecular complexity index is 1070. The number of hydrogen-bond donors (Lipinski definition) is 3. The summed E-state index contributed by atoms with van der Waals surface area (Å²) in [5.74, 6) is -4.33. The lowest BCUT2D eigenvalue weighted by atomic mass is 9.95. The molecule has 1 saturated heterocycles. The van der Waals surface area contributed by atoms with E-state index in [0.29, 0.717) is 5.03 Å². The van der Waals surface area contributed by atoms with E-state index in [1.807, 2.05) is 0 Å². The molecule has 32 heavy (non-hydrogen) atoms. The van der Waals surface area contributed by atoms with Crippen molar-refractivity contribution in [2.24, 2.45) is 0 Å². The molecule has 2 unspecified atom stereocenters. The van der Waals surface area contributed by atoms with Crippen molar-refractivity contribution in [3.05, 3.63) is 60.2 Å². The number of thioether (sulfide) groups is 1. The lowest BCUT2D eigenvalue weighted by Gasteiger charge is -2.45. The van der Waals surface area contributed by atoms with Crippen molar-refractivity contribution in [1.29, 1.82) is 0 Å². The molecule has 0 amide bonds. The minimum Gasteiger partial charge on any atom is -0.394 e. The average molecular weight is 468 g/mol. The maximum Gasteiger partial charge on any atom is 0.194 e. The molecule has 8 nitrogen and oxygen atoms in total. The molecule has 1 aliphatic rings. The normalized spacial score (nSPS) is 25.8. The van der Waals surface area contributed by atoms with Gasteiger partial charge in [-0.15, -0.1) is 5.10 Å². The van der Waals surface area contributed by atoms with Crippen LogP contribution in [-0.4, -0.2) is 65.7 Å². The van der Waals surface area contributed by atoms with Gasteiger partial charge in [-0.25, -0.2) is 22.8 Å². The first kappa shape index (κ1) is 22.7. The van der Waals surface area contributed by atoms with Gasteiger partial charge in [-0.1, -0.05) is 23.0 Å². The van der Waals surface area contributed by atoms with E-state index in [1.54, 1.807) is 24.4 Å². The maximum atomic E-state index is 13.6. The van der Waals surface area contributed by atoms with E-state index in [2.05, 4.69) is 15.3 Å². The Morgan fingerprint density at radius 3 is 2.56 bits per heavy atom. The Labute approximate surface area is 184 Å². The molecule has 0 aliphatic carbocycles. The second kappa shape index (κ2) is 9.16. The summed E-state index contributed by atoms with van der Waals surface area (Å²) in [7, 11) is 0. The standard InChI is InChI=1S/C20H19F3N4O4S/c21-12-5-11(6-13(22)18(12)23)14-8-27(26-25-14)15-7-20(10-29,31-16(9-28)19(15)30)32-17-3-1-2-4-24-17/h1-6,8,15-16,19,28-30H,7,9-10H2/t15?,16?,19-,20-/m1/s1. The van der Waals surface area contributed by atoms with E-state index in [-0.39, 0.29) is 17.7 Å². The van der Waals surface area contributed by atoms with Crippen molar-refractivity contribution in [3.63, 3.8) is 0 Å². The number of hydrogen-bond acceptors (Lipinski definition) is 8. The van der Waals surface area contributed by atoms with Gasteiger partial charge in [0.05, 0.1) is 30.5 Å². The maximum absolute atomic E-state index is 13.6. The molecule has 3 N–H and O–H groups in total. The summed E-state index contributed by atoms with van der Waals surface area (Å²) in [6.45, 7) is -0.984. The zero-order valence-corrected chi connectivity index (χ0v) is 17.3. The van der Waals surface area contributed by atoms with Crippen molar-refractivity contribution in [1.82, 2.24) is 20.0 Å². The fraction of sp³-hybridized carbons (Fsp3) is 0.350. The van der Waals surface area contributed by atoms with Crippen LogP contribution in [0.15, 0.2) is 47.8 Å². The Morgan fingerprint density at radius 1 is 1.19 bits per heavy atom. The van der Waals surface area contributed by atoms with Gasteiger partial charge in [0.25, 0.3) is 0 Å². The highest BCUT2D eigenvalue weighted by molar-refractivity contribution is 8.00. The van der Waals surface area contributed by atoms with Gasteiger partial charge < -0.3 is 20.1 Å². The van der Waals surface area contributed by atoms with Gasteiger partial charge in [0, 0.05) is 18.2 Å². The van der Waals surface area contributed by atoms with E-state index >= 15 is 0 Å². The van der Waals surface area contributed by atoms with Crippen LogP contribution in [0.1, 0.15) is 12.5 Å². The predicted octanol–water partition coefficient (Wildman–Crippen LogP) is 1.92. The van der Waals surface area contributed by atoms with Gasteiger partial charge in [0.2, 0.25) is 0 Å². The van der Waals surface area contributed by atoms with Crippen LogP contribution >= 0.6 is 11.8 Å². The number of rotatable bonds is 6. The fourth-order valence-electron chi connectivity index (χ4n) is 3.55. The second-order valence-electron chi connectivity index (χ2n) is 7.28. The van der Waals surface area contributed by atoms with Crippen LogP contribution in [0.25, 0.3) is 11.3 Å². The van der Waals surface area contributed by atoms with E-state index in [0.717, 1.165) is 23.9 Å². The molecule has 1 aliphatic heterocycles. The molecule has 3 heterocycles. The van der Waals surface area contributed by atoms with Crippen LogP contribution in [0.2, 0.25) is 0 Å². The fourth-order valence-corrected chi connectivity index (χ4v) is 4.68. The quantitative estimate of drug-likeness (QED) is 0.471. The van der Waals surface area contributed by atoms with Crippen molar-refractivity contribution in [2.75, 3.05) is 13.2 Å². The summed E-state index contributed by atoms with van der Waals surface area (Å²) in [5.41, 5.74) is 0.0122. The molecular formula is C20H19F3N4O4S. The third-order valence-corrected chi connectivity index (χ3v) is 6.35. The number of ether oxygens (including phenoxy) is 1. The largest absolute Gasteiger partial charge is 0.394 e. The van der Waals surface area contributed by atoms with Crippen LogP contribution in [0.5, 0.6) is 0 Å². The molecular weight excluding hydrogens is 449 g/mol. The zero-order valence-electron chi connectivity index (χ0n) is 16.5. The molecule has 0 saturated carbocycles. The topological polar surface area (TPSA) is 114 Å². The monoisotopic (exact) mass is 468 g/mol. The van der Waals surface area contributed by atoms with Gasteiger partial charge in [-0.2, -0.15) is 0 Å². The van der Waals surface area contributed by atoms with Crippen molar-refractivity contribution in [3.8, 4) is 11.3 Å². The third kappa shape index (κ3) is 4.36. The number of aliphatic hydroxyl groups excluding tert-OH is 3. The molecule has 0 spiro atoms. The number of benzene rings is 1. The number of pyridine rings is 1. The Morgan fingerprint density at radius 2 is 1.94 bits per heavy atom. The molecule has 0 bridgehead atoms. The number of halogens is 3. The summed E-state index contributed by atoms with van der Waals surface area (Å²) < 4.78 is 47.6. The molecule has 4 rings (SSSR count). The summed E-state index contributed by atoms with van der Waals surface area (Å²) in [6, 6.07) is 6.00. The summed E-state index contributed by atoms with van der Waals surface area (Å²) in [6.07, 6.45) is 0.701. The van der Waals surface area contributed by atoms with Crippen LogP contribution < -0.4 is 0 Å². The number of nitrogens with zero attached hydrogens (tertiary/aromatic N) is 4. The molecule has 1 fully saturated rings. The number of aliphatic hydroxyl groups is 3.